The summed E-state index contributed by atoms with van der Waals surface area (Å²) >= 11 is 18.3. The lowest BCUT2D eigenvalue weighted by Crippen LogP contribution is -2.37. The van der Waals surface area contributed by atoms with Crippen molar-refractivity contribution in [2.45, 2.75) is 17.4 Å². The molecule has 0 bridgehead atoms. The number of β-amino-alcohol motifs (C(OH)–C–C–N with tert-alkyl or cyclic N) is 1. The molecule has 172 valence electrons. The van der Waals surface area contributed by atoms with Crippen LogP contribution in [0.15, 0.2) is 59.6 Å². The van der Waals surface area contributed by atoms with Gasteiger partial charge in [-0.05, 0) is 42.0 Å². The van der Waals surface area contributed by atoms with Crippen LogP contribution in [-0.4, -0.2) is 43.5 Å². The molecule has 0 spiro atoms. The van der Waals surface area contributed by atoms with Crippen molar-refractivity contribution < 1.29 is 23.1 Å². The molecule has 4 rings (SSSR count). The molecule has 1 N–H and O–H groups in total. The first-order chi connectivity index (χ1) is 15.7. The number of carbonyl (C=O) groups excluding carboxylic acids is 1. The lowest BCUT2D eigenvalue weighted by atomic mass is 10.0. The summed E-state index contributed by atoms with van der Waals surface area (Å²) in [5.74, 6) is -0.338. The van der Waals surface area contributed by atoms with Crippen LogP contribution in [0.3, 0.4) is 0 Å². The van der Waals surface area contributed by atoms with E-state index in [0.717, 1.165) is 4.31 Å². The summed E-state index contributed by atoms with van der Waals surface area (Å²) in [6.45, 7) is -0.410. The van der Waals surface area contributed by atoms with Crippen LogP contribution in [0.25, 0.3) is 0 Å². The fourth-order valence-corrected chi connectivity index (χ4v) is 5.81. The average Bonchev–Trinajstić information content (AvgIpc) is 2.93. The second-order valence-electron chi connectivity index (χ2n) is 7.32. The summed E-state index contributed by atoms with van der Waals surface area (Å²) in [4.78, 5) is 17.0. The Bertz CT molecular complexity index is 1310. The van der Waals surface area contributed by atoms with Crippen LogP contribution in [0.1, 0.15) is 15.9 Å². The monoisotopic (exact) mass is 526 g/mol. The number of benzene rings is 2. The molecule has 2 heterocycles. The van der Waals surface area contributed by atoms with Gasteiger partial charge in [0.25, 0.3) is 10.0 Å². The maximum absolute atomic E-state index is 13.4. The molecule has 0 saturated carbocycles. The number of fused-ring (bicyclic) bond motifs is 1. The molecule has 1 aromatic heterocycles. The summed E-state index contributed by atoms with van der Waals surface area (Å²) in [5.41, 5.74) is 0.689. The normalized spacial score (nSPS) is 16.0. The maximum atomic E-state index is 13.4. The number of aliphatic hydroxyl groups excluding tert-OH is 1. The Morgan fingerprint density at radius 2 is 1.82 bits per heavy atom. The van der Waals surface area contributed by atoms with Crippen molar-refractivity contribution >= 4 is 56.3 Å². The highest BCUT2D eigenvalue weighted by Crippen LogP contribution is 2.35. The minimum Gasteiger partial charge on any atom is -0.473 e. The average molecular weight is 528 g/mol. The van der Waals surface area contributed by atoms with E-state index in [1.165, 1.54) is 30.5 Å². The molecular weight excluding hydrogens is 511 g/mol. The van der Waals surface area contributed by atoms with Crippen LogP contribution in [0.4, 0.5) is 5.69 Å². The molecule has 0 saturated heterocycles. The number of hydrogen-bond donors (Lipinski definition) is 1. The largest absolute Gasteiger partial charge is 0.473 e. The van der Waals surface area contributed by atoms with E-state index in [1.54, 1.807) is 24.3 Å². The Labute approximate surface area is 205 Å². The Hall–Kier alpha value is -2.36. The molecule has 1 aliphatic heterocycles. The molecule has 33 heavy (non-hydrogen) atoms. The van der Waals surface area contributed by atoms with Gasteiger partial charge in [-0.3, -0.25) is 9.10 Å². The van der Waals surface area contributed by atoms with Crippen molar-refractivity contribution in [1.82, 2.24) is 4.98 Å². The number of nitrogens with zero attached hydrogens (tertiary/aromatic N) is 2. The second kappa shape index (κ2) is 9.48. The third-order valence-electron chi connectivity index (χ3n) is 4.94. The number of rotatable bonds is 5. The highest BCUT2D eigenvalue weighted by Gasteiger charge is 2.33. The van der Waals surface area contributed by atoms with Gasteiger partial charge in [-0.15, -0.1) is 0 Å². The van der Waals surface area contributed by atoms with E-state index in [-0.39, 0.29) is 62.4 Å². The highest BCUT2D eigenvalue weighted by molar-refractivity contribution is 7.92. The van der Waals surface area contributed by atoms with Crippen molar-refractivity contribution in [2.24, 2.45) is 0 Å². The van der Waals surface area contributed by atoms with Crippen molar-refractivity contribution in [2.75, 3.05) is 17.5 Å². The van der Waals surface area contributed by atoms with E-state index in [1.807, 2.05) is 0 Å². The molecule has 0 amide bonds. The minimum absolute atomic E-state index is 0.0177. The van der Waals surface area contributed by atoms with E-state index >= 15 is 0 Å². The van der Waals surface area contributed by atoms with Gasteiger partial charge >= 0.3 is 0 Å². The standard InChI is InChI=1S/C22H17Cl3N2O5S/c23-14-3-1-4-16(9-14)33(30,31)27-11-15(28)12-32-22-19(27)7-13(10-26-22)8-20(29)21-17(24)5-2-6-18(21)25/h1-7,9-10,15,28H,8,11-12H2/t15-/m1/s1. The molecule has 1 atom stereocenters. The SMILES string of the molecule is O=C(Cc1cnc2c(c1)N(S(=O)(=O)c1cccc(Cl)c1)C[C@@H](O)CO2)c1c(Cl)cccc1Cl. The molecule has 1 aliphatic rings. The zero-order valence-electron chi connectivity index (χ0n) is 16.9. The van der Waals surface area contributed by atoms with E-state index in [2.05, 4.69) is 4.98 Å². The van der Waals surface area contributed by atoms with Crippen LogP contribution in [-0.2, 0) is 16.4 Å². The number of Topliss-reactive ketones (excluding diaryl/α,β-unsaturated/α-hetero) is 1. The number of ether oxygens (including phenoxy) is 1. The lowest BCUT2D eigenvalue weighted by molar-refractivity contribution is 0.0993. The molecule has 7 nitrogen and oxygen atoms in total. The third-order valence-corrected chi connectivity index (χ3v) is 7.58. The summed E-state index contributed by atoms with van der Waals surface area (Å²) in [7, 11) is -4.12. The summed E-state index contributed by atoms with van der Waals surface area (Å²) in [6.07, 6.45) is 0.181. The number of pyridine rings is 1. The van der Waals surface area contributed by atoms with Crippen molar-refractivity contribution in [1.29, 1.82) is 0 Å². The van der Waals surface area contributed by atoms with Gasteiger partial charge in [0, 0.05) is 17.6 Å². The Morgan fingerprint density at radius 3 is 2.52 bits per heavy atom. The Morgan fingerprint density at radius 1 is 1.12 bits per heavy atom. The van der Waals surface area contributed by atoms with Gasteiger partial charge in [0.2, 0.25) is 5.88 Å². The molecule has 0 unspecified atom stereocenters. The van der Waals surface area contributed by atoms with E-state index in [0.29, 0.717) is 5.56 Å². The second-order valence-corrected chi connectivity index (χ2v) is 10.4. The Balaban J connectivity index is 1.74. The van der Waals surface area contributed by atoms with Crippen molar-refractivity contribution in [3.8, 4) is 5.88 Å². The van der Waals surface area contributed by atoms with Crippen LogP contribution in [0, 0.1) is 0 Å². The maximum Gasteiger partial charge on any atom is 0.264 e. The van der Waals surface area contributed by atoms with Gasteiger partial charge in [-0.1, -0.05) is 46.9 Å². The van der Waals surface area contributed by atoms with E-state index in [4.69, 9.17) is 39.5 Å². The van der Waals surface area contributed by atoms with Crippen molar-refractivity contribution in [3.05, 3.63) is 80.9 Å². The molecule has 2 aromatic carbocycles. The van der Waals surface area contributed by atoms with Crippen LogP contribution < -0.4 is 9.04 Å². The van der Waals surface area contributed by atoms with Gasteiger partial charge in [0.05, 0.1) is 27.0 Å². The number of hydrogen-bond acceptors (Lipinski definition) is 6. The van der Waals surface area contributed by atoms with Crippen LogP contribution in [0.2, 0.25) is 15.1 Å². The number of carbonyl (C=O) groups is 1. The first-order valence-corrected chi connectivity index (χ1v) is 12.3. The number of aromatic nitrogens is 1. The van der Waals surface area contributed by atoms with Gasteiger partial charge in [-0.25, -0.2) is 13.4 Å². The fraction of sp³-hybridized carbons (Fsp3) is 0.182. The molecule has 0 fully saturated rings. The molecule has 3 aromatic rings. The summed E-state index contributed by atoms with van der Waals surface area (Å²) in [5, 5.41) is 10.9. The van der Waals surface area contributed by atoms with Gasteiger partial charge in [0.1, 0.15) is 18.4 Å². The van der Waals surface area contributed by atoms with Crippen molar-refractivity contribution in [3.63, 3.8) is 0 Å². The molecular formula is C22H17Cl3N2O5S. The number of aliphatic hydroxyl groups is 1. The third kappa shape index (κ3) is 4.95. The number of anilines is 1. The number of sulfonamides is 1. The molecule has 0 radical (unpaired) electrons. The van der Waals surface area contributed by atoms with Gasteiger partial charge in [-0.2, -0.15) is 0 Å². The first kappa shape index (κ1) is 23.8. The van der Waals surface area contributed by atoms with Crippen LogP contribution >= 0.6 is 34.8 Å². The number of ketones is 1. The van der Waals surface area contributed by atoms with E-state index < -0.39 is 16.1 Å². The molecule has 11 heteroatoms. The van der Waals surface area contributed by atoms with Gasteiger partial charge < -0.3 is 9.84 Å². The summed E-state index contributed by atoms with van der Waals surface area (Å²) in [6, 6.07) is 12.0. The predicted octanol–water partition coefficient (Wildman–Crippen LogP) is 4.42. The molecule has 0 aliphatic carbocycles. The predicted molar refractivity (Wildman–Crippen MR) is 126 cm³/mol. The Kier molecular flexibility index (Phi) is 6.83. The fourth-order valence-electron chi connectivity index (χ4n) is 3.41. The first-order valence-electron chi connectivity index (χ1n) is 9.72. The van der Waals surface area contributed by atoms with E-state index in [9.17, 15) is 18.3 Å². The topological polar surface area (TPSA) is 96.8 Å². The zero-order chi connectivity index (χ0) is 23.8. The highest BCUT2D eigenvalue weighted by atomic mass is 35.5. The zero-order valence-corrected chi connectivity index (χ0v) is 20.0. The smallest absolute Gasteiger partial charge is 0.264 e. The summed E-state index contributed by atoms with van der Waals surface area (Å²) < 4.78 is 33.3. The minimum atomic E-state index is -4.12. The number of halogens is 3. The quantitative estimate of drug-likeness (QED) is 0.494. The van der Waals surface area contributed by atoms with Crippen LogP contribution in [0.5, 0.6) is 5.88 Å². The van der Waals surface area contributed by atoms with Gasteiger partial charge in [0.15, 0.2) is 5.78 Å². The lowest BCUT2D eigenvalue weighted by Gasteiger charge is -2.24.